The van der Waals surface area contributed by atoms with Gasteiger partial charge in [0.05, 0.1) is 5.70 Å². The van der Waals surface area contributed by atoms with Crippen LogP contribution < -0.4 is 10.6 Å². The monoisotopic (exact) mass is 393 g/mol. The van der Waals surface area contributed by atoms with E-state index in [1.165, 1.54) is 21.0 Å². The van der Waals surface area contributed by atoms with Crippen molar-refractivity contribution in [1.82, 2.24) is 4.68 Å². The zero-order chi connectivity index (χ0) is 20.0. The summed E-state index contributed by atoms with van der Waals surface area (Å²) in [5.74, 6) is -0.467. The average Bonchev–Trinajstić information content (AvgIpc) is 3.18. The first-order valence-electron chi connectivity index (χ1n) is 9.19. The highest BCUT2D eigenvalue weighted by atomic mass is 32.1. The fourth-order valence-corrected chi connectivity index (χ4v) is 4.95. The molecule has 0 saturated carbocycles. The van der Waals surface area contributed by atoms with Gasteiger partial charge in [0.1, 0.15) is 11.6 Å². The first-order valence-corrected chi connectivity index (χ1v) is 10.1. The first-order chi connectivity index (χ1) is 13.4. The molecule has 0 bridgehead atoms. The number of carbonyl (C=O) groups is 2. The molecule has 0 fully saturated rings. The van der Waals surface area contributed by atoms with Gasteiger partial charge in [-0.05, 0) is 60.7 Å². The first kappa shape index (κ1) is 18.4. The highest BCUT2D eigenvalue weighted by molar-refractivity contribution is 7.08. The molecule has 0 aromatic carbocycles. The van der Waals surface area contributed by atoms with Gasteiger partial charge in [-0.1, -0.05) is 0 Å². The number of pyridine rings is 1. The van der Waals surface area contributed by atoms with E-state index in [2.05, 4.69) is 0 Å². The van der Waals surface area contributed by atoms with E-state index >= 15 is 0 Å². The van der Waals surface area contributed by atoms with Gasteiger partial charge in [-0.3, -0.25) is 14.4 Å². The Balaban J connectivity index is 1.97. The van der Waals surface area contributed by atoms with Crippen LogP contribution in [0.25, 0.3) is 0 Å². The molecule has 1 aliphatic carbocycles. The van der Waals surface area contributed by atoms with E-state index in [1.54, 1.807) is 19.9 Å². The number of hydrogen-bond donors (Lipinski definition) is 0. The standard InChI is InChI=1S/C21H19N3O3S/c1-12-8-13(2)23(21(27)16(12)10-22)24-17-4-3-5-18(25)20(17)15(9-19(24)26)14-6-7-28-11-14/h6-8,11,15H,3-5,9H2,1-2H3. The maximum absolute atomic E-state index is 13.2. The molecule has 1 aliphatic heterocycles. The Labute approximate surface area is 166 Å². The molecule has 2 aliphatic rings. The van der Waals surface area contributed by atoms with Crippen molar-refractivity contribution in [3.05, 3.63) is 66.9 Å². The third-order valence-electron chi connectivity index (χ3n) is 5.47. The maximum atomic E-state index is 13.2. The van der Waals surface area contributed by atoms with Crippen LogP contribution in [0.15, 0.2) is 39.0 Å². The number of nitrogens with zero attached hydrogens (tertiary/aromatic N) is 3. The zero-order valence-corrected chi connectivity index (χ0v) is 16.5. The lowest BCUT2D eigenvalue weighted by molar-refractivity contribution is -0.121. The summed E-state index contributed by atoms with van der Waals surface area (Å²) in [7, 11) is 0. The topological polar surface area (TPSA) is 83.2 Å². The van der Waals surface area contributed by atoms with Crippen molar-refractivity contribution in [2.75, 3.05) is 5.01 Å². The van der Waals surface area contributed by atoms with Crippen molar-refractivity contribution in [2.24, 2.45) is 0 Å². The van der Waals surface area contributed by atoms with Crippen molar-refractivity contribution in [2.45, 2.75) is 45.4 Å². The van der Waals surface area contributed by atoms with Gasteiger partial charge >= 0.3 is 0 Å². The van der Waals surface area contributed by atoms with Gasteiger partial charge in [-0.25, -0.2) is 9.69 Å². The van der Waals surface area contributed by atoms with E-state index in [0.717, 1.165) is 5.56 Å². The minimum atomic E-state index is -0.521. The van der Waals surface area contributed by atoms with Gasteiger partial charge in [0, 0.05) is 30.0 Å². The molecule has 0 saturated heterocycles. The van der Waals surface area contributed by atoms with Gasteiger partial charge in [0.2, 0.25) is 5.91 Å². The largest absolute Gasteiger partial charge is 0.294 e. The molecule has 4 rings (SSSR count). The Hall–Kier alpha value is -2.98. The molecule has 3 heterocycles. The SMILES string of the molecule is Cc1cc(C)n(N2C(=O)CC(c3ccsc3)C3=C2CCCC3=O)c(=O)c1C#N. The molecule has 1 amide bonds. The summed E-state index contributed by atoms with van der Waals surface area (Å²) in [6.07, 6.45) is 1.77. The minimum absolute atomic E-state index is 0.0163. The van der Waals surface area contributed by atoms with Crippen LogP contribution in [0.3, 0.4) is 0 Å². The molecule has 0 spiro atoms. The Bertz CT molecular complexity index is 1120. The molecular formula is C21H19N3O3S. The number of amides is 1. The third kappa shape index (κ3) is 2.72. The average molecular weight is 393 g/mol. The van der Waals surface area contributed by atoms with Crippen LogP contribution in [0, 0.1) is 25.2 Å². The van der Waals surface area contributed by atoms with E-state index in [0.29, 0.717) is 41.8 Å². The Kier molecular flexibility index (Phi) is 4.52. The molecular weight excluding hydrogens is 374 g/mol. The number of allylic oxidation sites excluding steroid dienone is 2. The predicted octanol–water partition coefficient (Wildman–Crippen LogP) is 3.06. The number of Topliss-reactive ketones (excluding diaryl/α,β-unsaturated/α-hetero) is 1. The van der Waals surface area contributed by atoms with Crippen molar-refractivity contribution in [1.29, 1.82) is 5.26 Å². The van der Waals surface area contributed by atoms with Crippen LogP contribution >= 0.6 is 11.3 Å². The lowest BCUT2D eigenvalue weighted by Crippen LogP contribution is -2.52. The van der Waals surface area contributed by atoms with Crippen LogP contribution in [0.4, 0.5) is 0 Å². The van der Waals surface area contributed by atoms with Crippen LogP contribution in [0.2, 0.25) is 0 Å². The van der Waals surface area contributed by atoms with E-state index in [-0.39, 0.29) is 29.6 Å². The summed E-state index contributed by atoms with van der Waals surface area (Å²) < 4.78 is 1.27. The maximum Gasteiger partial charge on any atom is 0.288 e. The Morgan fingerprint density at radius 2 is 2.00 bits per heavy atom. The van der Waals surface area contributed by atoms with Crippen molar-refractivity contribution in [3.63, 3.8) is 0 Å². The lowest BCUT2D eigenvalue weighted by Gasteiger charge is -2.39. The Morgan fingerprint density at radius 3 is 2.68 bits per heavy atom. The highest BCUT2D eigenvalue weighted by Gasteiger charge is 2.41. The molecule has 142 valence electrons. The van der Waals surface area contributed by atoms with E-state index in [4.69, 9.17) is 0 Å². The number of nitriles is 1. The summed E-state index contributed by atoms with van der Waals surface area (Å²) in [4.78, 5) is 39.0. The van der Waals surface area contributed by atoms with Crippen LogP contribution in [0.1, 0.15) is 54.0 Å². The number of hydrogen-bond acceptors (Lipinski definition) is 5. The number of aryl methyl sites for hydroxylation is 2. The number of ketones is 1. The van der Waals surface area contributed by atoms with Crippen LogP contribution in [-0.4, -0.2) is 16.4 Å². The number of thiophene rings is 1. The molecule has 1 atom stereocenters. The number of carbonyl (C=O) groups excluding carboxylic acids is 2. The molecule has 0 N–H and O–H groups in total. The lowest BCUT2D eigenvalue weighted by atomic mass is 9.78. The molecule has 7 heteroatoms. The molecule has 2 aromatic rings. The van der Waals surface area contributed by atoms with Gasteiger partial charge in [-0.2, -0.15) is 16.6 Å². The number of rotatable bonds is 2. The van der Waals surface area contributed by atoms with Crippen LogP contribution in [-0.2, 0) is 9.59 Å². The van der Waals surface area contributed by atoms with Crippen LogP contribution in [0.5, 0.6) is 0 Å². The number of aromatic nitrogens is 1. The molecule has 1 unspecified atom stereocenters. The third-order valence-corrected chi connectivity index (χ3v) is 6.17. The van der Waals surface area contributed by atoms with Gasteiger partial charge < -0.3 is 0 Å². The highest BCUT2D eigenvalue weighted by Crippen LogP contribution is 2.41. The molecule has 6 nitrogen and oxygen atoms in total. The van der Waals surface area contributed by atoms with Crippen molar-refractivity contribution >= 4 is 23.0 Å². The van der Waals surface area contributed by atoms with Gasteiger partial charge in [-0.15, -0.1) is 0 Å². The smallest absolute Gasteiger partial charge is 0.288 e. The van der Waals surface area contributed by atoms with Crippen molar-refractivity contribution < 1.29 is 9.59 Å². The quantitative estimate of drug-likeness (QED) is 0.785. The molecule has 28 heavy (non-hydrogen) atoms. The van der Waals surface area contributed by atoms with Gasteiger partial charge in [0.15, 0.2) is 5.78 Å². The predicted molar refractivity (Wildman–Crippen MR) is 106 cm³/mol. The summed E-state index contributed by atoms with van der Waals surface area (Å²) in [5, 5.41) is 14.7. The van der Waals surface area contributed by atoms with E-state index in [9.17, 15) is 19.6 Å². The molecule has 0 radical (unpaired) electrons. The second-order valence-electron chi connectivity index (χ2n) is 7.23. The van der Waals surface area contributed by atoms with Gasteiger partial charge in [0.25, 0.3) is 5.56 Å². The van der Waals surface area contributed by atoms with E-state index in [1.807, 2.05) is 22.9 Å². The minimum Gasteiger partial charge on any atom is -0.294 e. The summed E-state index contributed by atoms with van der Waals surface area (Å²) >= 11 is 1.53. The van der Waals surface area contributed by atoms with E-state index < -0.39 is 5.56 Å². The zero-order valence-electron chi connectivity index (χ0n) is 15.7. The second-order valence-corrected chi connectivity index (χ2v) is 8.01. The fourth-order valence-electron chi connectivity index (χ4n) is 4.23. The summed E-state index contributed by atoms with van der Waals surface area (Å²) in [6, 6.07) is 5.62. The summed E-state index contributed by atoms with van der Waals surface area (Å²) in [5.41, 5.74) is 2.84. The summed E-state index contributed by atoms with van der Waals surface area (Å²) in [6.45, 7) is 3.44. The normalized spacial score (nSPS) is 19.6. The van der Waals surface area contributed by atoms with Crippen molar-refractivity contribution in [3.8, 4) is 6.07 Å². The second kappa shape index (κ2) is 6.88. The Morgan fingerprint density at radius 1 is 1.21 bits per heavy atom. The molecule has 2 aromatic heterocycles. The fraction of sp³-hybridized carbons (Fsp3) is 0.333.